The van der Waals surface area contributed by atoms with Gasteiger partial charge in [0.1, 0.15) is 0 Å². The topological polar surface area (TPSA) is 78.0 Å². The Morgan fingerprint density at radius 1 is 0.418 bits per heavy atom. The number of imidazole rings is 1. The van der Waals surface area contributed by atoms with E-state index in [-0.39, 0.29) is 5.56 Å². The lowest BCUT2D eigenvalue weighted by molar-refractivity contribution is 0.953. The van der Waals surface area contributed by atoms with Gasteiger partial charge in [-0.15, -0.1) is 0 Å². The Bertz CT molecular complexity index is 3330. The first-order valence-electron chi connectivity index (χ1n) is 18.0. The van der Waals surface area contributed by atoms with Gasteiger partial charge in [-0.3, -0.25) is 9.36 Å². The fourth-order valence-corrected chi connectivity index (χ4v) is 8.59. The molecule has 0 saturated carbocycles. The molecule has 8 heteroatoms. The van der Waals surface area contributed by atoms with E-state index in [1.807, 2.05) is 84.9 Å². The Morgan fingerprint density at radius 3 is 1.76 bits per heavy atom. The smallest absolute Gasteiger partial charge is 0.266 e. The average molecular weight is 725 g/mol. The van der Waals surface area contributed by atoms with Crippen LogP contribution in [0.25, 0.3) is 98.9 Å². The minimum Gasteiger partial charge on any atom is -0.278 e. The third kappa shape index (κ3) is 5.15. The zero-order valence-corrected chi connectivity index (χ0v) is 30.0. The van der Waals surface area contributed by atoms with Crippen LogP contribution in [0.4, 0.5) is 0 Å². The fraction of sp³-hybridized carbons (Fsp3) is 0. The maximum Gasteiger partial charge on any atom is 0.266 e. The minimum absolute atomic E-state index is 0.0544. The van der Waals surface area contributed by atoms with E-state index >= 15 is 0 Å². The van der Waals surface area contributed by atoms with Gasteiger partial charge in [0.2, 0.25) is 5.95 Å². The highest BCUT2D eigenvalue weighted by Gasteiger charge is 2.19. The van der Waals surface area contributed by atoms with Crippen molar-refractivity contribution in [2.24, 2.45) is 0 Å². The first-order chi connectivity index (χ1) is 27.2. The maximum absolute atomic E-state index is 13.7. The van der Waals surface area contributed by atoms with Crippen LogP contribution in [0.5, 0.6) is 0 Å². The molecule has 0 radical (unpaired) electrons. The molecule has 4 heterocycles. The Labute approximate surface area is 318 Å². The lowest BCUT2D eigenvalue weighted by Crippen LogP contribution is -2.11. The molecule has 0 aliphatic carbocycles. The van der Waals surface area contributed by atoms with E-state index in [1.165, 1.54) is 11.3 Å². The van der Waals surface area contributed by atoms with Gasteiger partial charge in [0.15, 0.2) is 16.6 Å². The standard InChI is InChI=1S/C47H28N6OS/c54-45-36-16-8-10-18-42(36)55-47-48-38-25-23-34(28-41(38)53(45)47)33-24-26-40-37(27-33)35-15-7-9-17-39(35)52(40)46-50-43(31-13-5-2-6-14-31)49-44(51-46)32-21-19-30(20-22-32)29-11-3-1-4-12-29/h1-28H. The van der Waals surface area contributed by atoms with Crippen molar-refractivity contribution in [2.45, 2.75) is 0 Å². The van der Waals surface area contributed by atoms with E-state index in [4.69, 9.17) is 19.9 Å². The molecule has 7 nitrogen and oxygen atoms in total. The van der Waals surface area contributed by atoms with Crippen molar-refractivity contribution in [2.75, 3.05) is 0 Å². The second-order valence-electron chi connectivity index (χ2n) is 13.5. The van der Waals surface area contributed by atoms with E-state index in [0.717, 1.165) is 70.9 Å². The Balaban J connectivity index is 1.08. The highest BCUT2D eigenvalue weighted by molar-refractivity contribution is 7.23. The summed E-state index contributed by atoms with van der Waals surface area (Å²) in [5, 5.41) is 2.85. The monoisotopic (exact) mass is 724 g/mol. The summed E-state index contributed by atoms with van der Waals surface area (Å²) in [5.74, 6) is 1.74. The molecule has 7 aromatic carbocycles. The van der Waals surface area contributed by atoms with Gasteiger partial charge in [-0.2, -0.15) is 9.97 Å². The van der Waals surface area contributed by atoms with Crippen molar-refractivity contribution in [3.63, 3.8) is 0 Å². The number of para-hydroxylation sites is 1. The number of hydrogen-bond acceptors (Lipinski definition) is 6. The molecule has 55 heavy (non-hydrogen) atoms. The van der Waals surface area contributed by atoms with E-state index in [1.54, 1.807) is 4.40 Å². The van der Waals surface area contributed by atoms with Crippen LogP contribution in [0.1, 0.15) is 0 Å². The first-order valence-corrected chi connectivity index (χ1v) is 18.8. The highest BCUT2D eigenvalue weighted by atomic mass is 32.1. The minimum atomic E-state index is -0.0544. The summed E-state index contributed by atoms with van der Waals surface area (Å²) in [6, 6.07) is 57.5. The van der Waals surface area contributed by atoms with Crippen molar-refractivity contribution in [3.8, 4) is 51.0 Å². The summed E-state index contributed by atoms with van der Waals surface area (Å²) in [5.41, 5.74) is 9.63. The average Bonchev–Trinajstić information content (AvgIpc) is 3.79. The van der Waals surface area contributed by atoms with E-state index in [9.17, 15) is 4.79 Å². The van der Waals surface area contributed by atoms with Gasteiger partial charge in [0, 0.05) is 26.6 Å². The largest absolute Gasteiger partial charge is 0.278 e. The van der Waals surface area contributed by atoms with Crippen LogP contribution in [0.15, 0.2) is 175 Å². The van der Waals surface area contributed by atoms with Gasteiger partial charge >= 0.3 is 0 Å². The number of benzene rings is 7. The molecule has 258 valence electrons. The molecule has 0 aliphatic rings. The Kier molecular flexibility index (Phi) is 7.05. The second kappa shape index (κ2) is 12.4. The van der Waals surface area contributed by atoms with Crippen molar-refractivity contribution in [3.05, 3.63) is 180 Å². The van der Waals surface area contributed by atoms with Crippen LogP contribution < -0.4 is 5.56 Å². The molecule has 0 amide bonds. The van der Waals surface area contributed by atoms with Crippen molar-refractivity contribution in [1.29, 1.82) is 0 Å². The van der Waals surface area contributed by atoms with Crippen LogP contribution >= 0.6 is 11.3 Å². The van der Waals surface area contributed by atoms with E-state index in [0.29, 0.717) is 27.9 Å². The molecular formula is C47H28N6OS. The predicted molar refractivity (Wildman–Crippen MR) is 224 cm³/mol. The number of fused-ring (bicyclic) bond motifs is 7. The fourth-order valence-electron chi connectivity index (χ4n) is 7.57. The molecule has 4 aromatic heterocycles. The SMILES string of the molecule is O=c1c2ccccc2sc2nc3ccc(-c4ccc5c(c4)c4ccccc4n5-c4nc(-c5ccccc5)nc(-c5ccc(-c6ccccc6)cc5)n4)cc3n12. The molecule has 0 N–H and O–H groups in total. The van der Waals surface area contributed by atoms with Gasteiger partial charge in [-0.05, 0) is 64.7 Å². The van der Waals surface area contributed by atoms with Gasteiger partial charge in [0.25, 0.3) is 5.56 Å². The number of aromatic nitrogens is 6. The molecule has 0 unspecified atom stereocenters. The lowest BCUT2D eigenvalue weighted by atomic mass is 10.0. The third-order valence-corrected chi connectivity index (χ3v) is 11.3. The summed E-state index contributed by atoms with van der Waals surface area (Å²) in [6.07, 6.45) is 0. The molecule has 0 bridgehead atoms. The third-order valence-electron chi connectivity index (χ3n) is 10.3. The maximum atomic E-state index is 13.7. The first kappa shape index (κ1) is 31.3. The molecule has 0 saturated heterocycles. The van der Waals surface area contributed by atoms with Crippen LogP contribution in [-0.2, 0) is 0 Å². The number of nitrogens with zero attached hydrogens (tertiary/aromatic N) is 6. The summed E-state index contributed by atoms with van der Waals surface area (Å²) in [4.78, 5) is 34.4. The quantitative estimate of drug-likeness (QED) is 0.177. The van der Waals surface area contributed by atoms with Crippen molar-refractivity contribution in [1.82, 2.24) is 28.9 Å². The Hall–Kier alpha value is -7.29. The van der Waals surface area contributed by atoms with Crippen molar-refractivity contribution >= 4 is 59.2 Å². The molecular weight excluding hydrogens is 697 g/mol. The highest BCUT2D eigenvalue weighted by Crippen LogP contribution is 2.36. The summed E-state index contributed by atoms with van der Waals surface area (Å²) in [7, 11) is 0. The molecule has 0 fully saturated rings. The van der Waals surface area contributed by atoms with Gasteiger partial charge in [-0.25, -0.2) is 14.4 Å². The molecule has 0 aliphatic heterocycles. The van der Waals surface area contributed by atoms with Gasteiger partial charge in [-0.1, -0.05) is 139 Å². The zero-order chi connectivity index (χ0) is 36.5. The Morgan fingerprint density at radius 2 is 0.982 bits per heavy atom. The second-order valence-corrected chi connectivity index (χ2v) is 14.5. The van der Waals surface area contributed by atoms with E-state index in [2.05, 4.69) is 89.5 Å². The molecule has 11 rings (SSSR count). The molecule has 0 atom stereocenters. The van der Waals surface area contributed by atoms with Gasteiger partial charge < -0.3 is 0 Å². The molecule has 0 spiro atoms. The zero-order valence-electron chi connectivity index (χ0n) is 29.2. The van der Waals surface area contributed by atoms with Crippen LogP contribution in [0, 0.1) is 0 Å². The number of hydrogen-bond donors (Lipinski definition) is 0. The predicted octanol–water partition coefficient (Wildman–Crippen LogP) is 11.0. The van der Waals surface area contributed by atoms with Crippen LogP contribution in [0.2, 0.25) is 0 Å². The van der Waals surface area contributed by atoms with Gasteiger partial charge in [0.05, 0.1) is 27.5 Å². The van der Waals surface area contributed by atoms with E-state index < -0.39 is 0 Å². The van der Waals surface area contributed by atoms with Crippen LogP contribution in [0.3, 0.4) is 0 Å². The lowest BCUT2D eigenvalue weighted by Gasteiger charge is -2.11. The summed E-state index contributed by atoms with van der Waals surface area (Å²) >= 11 is 1.53. The summed E-state index contributed by atoms with van der Waals surface area (Å²) in [6.45, 7) is 0. The van der Waals surface area contributed by atoms with Crippen molar-refractivity contribution < 1.29 is 0 Å². The molecule has 11 aromatic rings. The van der Waals surface area contributed by atoms with Crippen LogP contribution in [-0.4, -0.2) is 28.9 Å². The normalized spacial score (nSPS) is 11.7. The number of rotatable bonds is 5. The summed E-state index contributed by atoms with van der Waals surface area (Å²) < 4.78 is 4.81.